The molecule has 0 aromatic carbocycles. The minimum atomic E-state index is 0.517. The van der Waals surface area contributed by atoms with Crippen LogP contribution >= 0.6 is 0 Å². The molecule has 54 heavy (non-hydrogen) atoms. The Bertz CT molecular complexity index is 2340. The number of nitrogens with zero attached hydrogens (tertiary/aromatic N) is 10. The topological polar surface area (TPSA) is 129 Å². The van der Waals surface area contributed by atoms with Crippen molar-refractivity contribution in [3.63, 3.8) is 0 Å². The maximum Gasteiger partial charge on any atom is 0.117 e. The molecule has 0 aliphatic carbocycles. The first-order valence-electron chi connectivity index (χ1n) is 17.2. The van der Waals surface area contributed by atoms with E-state index in [1.165, 1.54) is 0 Å². The summed E-state index contributed by atoms with van der Waals surface area (Å²) < 4.78 is 0. The SMILES string of the molecule is c1ccc(-c2cccc(-c3nc(-c4cccc(-c5ccccn5)n4)c(-c4cccc(-c5ccccn5)n4)nc3-c3cccc(-c4ccccn4)n3)n2)nc1. The second kappa shape index (κ2) is 14.5. The van der Waals surface area contributed by atoms with Gasteiger partial charge in [0.1, 0.15) is 22.8 Å². The monoisotopic (exact) mass is 696 g/mol. The molecule has 0 atom stereocenters. The third-order valence-corrected chi connectivity index (χ3v) is 8.57. The van der Waals surface area contributed by atoms with Gasteiger partial charge < -0.3 is 0 Å². The van der Waals surface area contributed by atoms with Gasteiger partial charge in [-0.1, -0.05) is 48.5 Å². The summed E-state index contributed by atoms with van der Waals surface area (Å²) >= 11 is 0. The highest BCUT2D eigenvalue weighted by Crippen LogP contribution is 2.37. The molecular weight excluding hydrogens is 669 g/mol. The van der Waals surface area contributed by atoms with Gasteiger partial charge in [-0.05, 0) is 97.1 Å². The Morgan fingerprint density at radius 2 is 0.407 bits per heavy atom. The minimum Gasteiger partial charge on any atom is -0.255 e. The van der Waals surface area contributed by atoms with Crippen molar-refractivity contribution >= 4 is 0 Å². The molecule has 254 valence electrons. The Hall–Kier alpha value is -7.72. The van der Waals surface area contributed by atoms with Gasteiger partial charge in [-0.3, -0.25) is 19.9 Å². The van der Waals surface area contributed by atoms with Crippen LogP contribution in [0.3, 0.4) is 0 Å². The summed E-state index contributed by atoms with van der Waals surface area (Å²) in [6, 6.07) is 46.2. The first-order valence-corrected chi connectivity index (χ1v) is 17.2. The van der Waals surface area contributed by atoms with Gasteiger partial charge in [0.25, 0.3) is 0 Å². The largest absolute Gasteiger partial charge is 0.255 e. The third kappa shape index (κ3) is 6.58. The molecule has 9 aromatic rings. The first kappa shape index (κ1) is 32.2. The standard InChI is InChI=1S/C44H28N10/c1-5-25-45-29(13-1)33-17-9-21-37(49-33)41-42(38-22-10-18-34(50-38)30-14-2-6-26-46-30)54-44(40-24-12-20-36(52-40)32-16-4-8-28-48-32)43(53-41)39-23-11-19-35(51-39)31-15-3-7-27-47-31/h1-28H. The molecule has 0 fully saturated rings. The smallest absolute Gasteiger partial charge is 0.117 e. The fourth-order valence-electron chi connectivity index (χ4n) is 6.04. The molecule has 10 heteroatoms. The fraction of sp³-hybridized carbons (Fsp3) is 0. The van der Waals surface area contributed by atoms with Crippen LogP contribution in [0.1, 0.15) is 0 Å². The van der Waals surface area contributed by atoms with Crippen LogP contribution < -0.4 is 0 Å². The van der Waals surface area contributed by atoms with Crippen LogP contribution in [0.4, 0.5) is 0 Å². The van der Waals surface area contributed by atoms with Crippen LogP contribution in [0.5, 0.6) is 0 Å². The van der Waals surface area contributed by atoms with Crippen molar-refractivity contribution in [3.8, 4) is 91.1 Å². The number of hydrogen-bond acceptors (Lipinski definition) is 10. The predicted octanol–water partition coefficient (Wildman–Crippen LogP) is 8.97. The molecule has 9 rings (SSSR count). The molecule has 0 aliphatic rings. The number of pyridine rings is 8. The summed E-state index contributed by atoms with van der Waals surface area (Å²) in [7, 11) is 0. The van der Waals surface area contributed by atoms with E-state index in [2.05, 4.69) is 19.9 Å². The molecule has 0 aliphatic heterocycles. The second-order valence-electron chi connectivity index (χ2n) is 12.1. The predicted molar refractivity (Wildman–Crippen MR) is 208 cm³/mol. The molecule has 0 unspecified atom stereocenters. The molecule has 0 radical (unpaired) electrons. The average molecular weight is 697 g/mol. The number of aromatic nitrogens is 10. The van der Waals surface area contributed by atoms with Gasteiger partial charge in [-0.25, -0.2) is 29.9 Å². The van der Waals surface area contributed by atoms with Crippen LogP contribution in [0.2, 0.25) is 0 Å². The van der Waals surface area contributed by atoms with E-state index in [0.29, 0.717) is 68.3 Å². The zero-order valence-corrected chi connectivity index (χ0v) is 28.6. The Balaban J connectivity index is 1.32. The van der Waals surface area contributed by atoms with Crippen LogP contribution in [0, 0.1) is 0 Å². The van der Waals surface area contributed by atoms with Gasteiger partial charge in [0.15, 0.2) is 0 Å². The zero-order valence-electron chi connectivity index (χ0n) is 28.6. The van der Waals surface area contributed by atoms with E-state index in [1.54, 1.807) is 24.8 Å². The lowest BCUT2D eigenvalue weighted by Crippen LogP contribution is -2.05. The van der Waals surface area contributed by atoms with Gasteiger partial charge in [-0.2, -0.15) is 0 Å². The highest BCUT2D eigenvalue weighted by molar-refractivity contribution is 5.84. The molecule has 0 bridgehead atoms. The summed E-state index contributed by atoms with van der Waals surface area (Å²) in [6.45, 7) is 0. The maximum atomic E-state index is 5.40. The minimum absolute atomic E-state index is 0.517. The highest BCUT2D eigenvalue weighted by atomic mass is 15.0. The average Bonchev–Trinajstić information content (AvgIpc) is 3.27. The van der Waals surface area contributed by atoms with Gasteiger partial charge in [0.05, 0.1) is 68.3 Å². The second-order valence-corrected chi connectivity index (χ2v) is 12.1. The van der Waals surface area contributed by atoms with Crippen molar-refractivity contribution in [2.75, 3.05) is 0 Å². The summed E-state index contributed by atoms with van der Waals surface area (Å²) in [6.07, 6.45) is 7.00. The van der Waals surface area contributed by atoms with Crippen molar-refractivity contribution < 1.29 is 0 Å². The van der Waals surface area contributed by atoms with Crippen LogP contribution in [-0.4, -0.2) is 49.8 Å². The molecule has 10 nitrogen and oxygen atoms in total. The molecule has 0 N–H and O–H groups in total. The van der Waals surface area contributed by atoms with Gasteiger partial charge in [0.2, 0.25) is 0 Å². The van der Waals surface area contributed by atoms with E-state index >= 15 is 0 Å². The molecule has 9 aromatic heterocycles. The Labute approximate surface area is 310 Å². The number of rotatable bonds is 8. The van der Waals surface area contributed by atoms with E-state index < -0.39 is 0 Å². The van der Waals surface area contributed by atoms with Crippen molar-refractivity contribution in [1.29, 1.82) is 0 Å². The molecule has 0 amide bonds. The number of hydrogen-bond donors (Lipinski definition) is 0. The molecule has 9 heterocycles. The van der Waals surface area contributed by atoms with Crippen molar-refractivity contribution in [3.05, 3.63) is 170 Å². The molecule has 0 spiro atoms. The quantitative estimate of drug-likeness (QED) is 0.152. The maximum absolute atomic E-state index is 5.40. The summed E-state index contributed by atoms with van der Waals surface area (Å²) in [4.78, 5) is 49.3. The first-order chi connectivity index (χ1) is 26.8. The van der Waals surface area contributed by atoms with E-state index in [1.807, 2.05) is 146 Å². The Kier molecular flexibility index (Phi) is 8.64. The van der Waals surface area contributed by atoms with Crippen LogP contribution in [0.25, 0.3) is 91.1 Å². The lowest BCUT2D eigenvalue weighted by molar-refractivity contribution is 1.13. The Morgan fingerprint density at radius 3 is 0.630 bits per heavy atom. The lowest BCUT2D eigenvalue weighted by atomic mass is 10.1. The molecule has 0 saturated carbocycles. The van der Waals surface area contributed by atoms with Gasteiger partial charge in [0, 0.05) is 24.8 Å². The van der Waals surface area contributed by atoms with E-state index in [0.717, 1.165) is 22.8 Å². The van der Waals surface area contributed by atoms with E-state index in [-0.39, 0.29) is 0 Å². The van der Waals surface area contributed by atoms with E-state index in [4.69, 9.17) is 29.9 Å². The van der Waals surface area contributed by atoms with Gasteiger partial charge in [-0.15, -0.1) is 0 Å². The third-order valence-electron chi connectivity index (χ3n) is 8.57. The van der Waals surface area contributed by atoms with Crippen LogP contribution in [-0.2, 0) is 0 Å². The van der Waals surface area contributed by atoms with Crippen molar-refractivity contribution in [1.82, 2.24) is 49.8 Å². The molecule has 0 saturated heterocycles. The summed E-state index contributed by atoms with van der Waals surface area (Å²) in [5, 5.41) is 0. The fourth-order valence-corrected chi connectivity index (χ4v) is 6.04. The summed E-state index contributed by atoms with van der Waals surface area (Å²) in [5.74, 6) is 0. The lowest BCUT2D eigenvalue weighted by Gasteiger charge is -2.16. The van der Waals surface area contributed by atoms with Gasteiger partial charge >= 0.3 is 0 Å². The zero-order chi connectivity index (χ0) is 36.1. The highest BCUT2D eigenvalue weighted by Gasteiger charge is 2.24. The Morgan fingerprint density at radius 1 is 0.185 bits per heavy atom. The molecular formula is C44H28N10. The normalized spacial score (nSPS) is 11.0. The van der Waals surface area contributed by atoms with Crippen LogP contribution in [0.15, 0.2) is 170 Å². The summed E-state index contributed by atoms with van der Waals surface area (Å²) in [5.41, 5.74) is 10.2. The van der Waals surface area contributed by atoms with Crippen molar-refractivity contribution in [2.45, 2.75) is 0 Å². The van der Waals surface area contributed by atoms with Crippen molar-refractivity contribution in [2.24, 2.45) is 0 Å². The van der Waals surface area contributed by atoms with E-state index in [9.17, 15) is 0 Å².